The summed E-state index contributed by atoms with van der Waals surface area (Å²) in [6, 6.07) is 0. The van der Waals surface area contributed by atoms with Crippen LogP contribution in [0, 0.1) is 12.8 Å². The summed E-state index contributed by atoms with van der Waals surface area (Å²) in [6.07, 6.45) is 4.51. The molecule has 0 spiro atoms. The minimum Gasteiger partial charge on any atom is -0.326 e. The van der Waals surface area contributed by atoms with Crippen molar-refractivity contribution in [2.75, 3.05) is 0 Å². The van der Waals surface area contributed by atoms with Crippen LogP contribution in [-0.2, 0) is 13.1 Å². The first kappa shape index (κ1) is 11.2. The average molecular weight is 195 g/mol. The Morgan fingerprint density at radius 3 is 2.50 bits per heavy atom. The van der Waals surface area contributed by atoms with Gasteiger partial charge in [-0.2, -0.15) is 5.10 Å². The van der Waals surface area contributed by atoms with Gasteiger partial charge in [0.25, 0.3) is 0 Å². The molecule has 1 heterocycles. The molecular weight excluding hydrogens is 174 g/mol. The lowest BCUT2D eigenvalue weighted by atomic mass is 10.0. The van der Waals surface area contributed by atoms with Crippen LogP contribution in [0.5, 0.6) is 0 Å². The van der Waals surface area contributed by atoms with Crippen molar-refractivity contribution in [2.45, 2.75) is 46.7 Å². The Labute approximate surface area is 86.3 Å². The van der Waals surface area contributed by atoms with Gasteiger partial charge in [0, 0.05) is 24.8 Å². The first-order chi connectivity index (χ1) is 6.71. The Morgan fingerprint density at radius 2 is 2.07 bits per heavy atom. The normalized spacial score (nSPS) is 11.2. The maximum atomic E-state index is 5.61. The monoisotopic (exact) mass is 195 g/mol. The van der Waals surface area contributed by atoms with Crippen molar-refractivity contribution in [1.82, 2.24) is 9.78 Å². The molecule has 3 nitrogen and oxygen atoms in total. The second kappa shape index (κ2) is 5.15. The van der Waals surface area contributed by atoms with Crippen molar-refractivity contribution in [3.05, 3.63) is 17.5 Å². The van der Waals surface area contributed by atoms with Gasteiger partial charge in [-0.05, 0) is 12.8 Å². The fourth-order valence-corrected chi connectivity index (χ4v) is 1.66. The lowest BCUT2D eigenvalue weighted by Gasteiger charge is -2.11. The Hall–Kier alpha value is -0.830. The first-order valence-corrected chi connectivity index (χ1v) is 5.44. The molecule has 0 aliphatic heterocycles. The highest BCUT2D eigenvalue weighted by atomic mass is 15.3. The summed E-state index contributed by atoms with van der Waals surface area (Å²) >= 11 is 0. The summed E-state index contributed by atoms with van der Waals surface area (Å²) in [5.74, 6) is 0.736. The molecular formula is C11H21N3. The molecule has 80 valence electrons. The fraction of sp³-hybridized carbons (Fsp3) is 0.727. The van der Waals surface area contributed by atoms with Crippen LogP contribution in [0.1, 0.15) is 37.9 Å². The summed E-state index contributed by atoms with van der Waals surface area (Å²) in [7, 11) is 0. The Kier molecular flexibility index (Phi) is 4.14. The second-order valence-corrected chi connectivity index (χ2v) is 3.85. The number of nitrogens with two attached hydrogens (primary N) is 1. The van der Waals surface area contributed by atoms with Crippen molar-refractivity contribution >= 4 is 0 Å². The van der Waals surface area contributed by atoms with Gasteiger partial charge in [-0.25, -0.2) is 0 Å². The summed E-state index contributed by atoms with van der Waals surface area (Å²) in [5.41, 5.74) is 7.84. The van der Waals surface area contributed by atoms with Crippen molar-refractivity contribution in [2.24, 2.45) is 11.7 Å². The highest BCUT2D eigenvalue weighted by molar-refractivity contribution is 5.14. The van der Waals surface area contributed by atoms with Gasteiger partial charge in [0.1, 0.15) is 0 Å². The molecule has 0 aliphatic carbocycles. The van der Waals surface area contributed by atoms with Crippen LogP contribution in [0.15, 0.2) is 6.20 Å². The molecule has 0 unspecified atom stereocenters. The third kappa shape index (κ3) is 2.58. The van der Waals surface area contributed by atoms with Crippen molar-refractivity contribution < 1.29 is 0 Å². The summed E-state index contributed by atoms with van der Waals surface area (Å²) in [4.78, 5) is 0. The van der Waals surface area contributed by atoms with E-state index in [-0.39, 0.29) is 0 Å². The van der Waals surface area contributed by atoms with Crippen LogP contribution in [-0.4, -0.2) is 9.78 Å². The Morgan fingerprint density at radius 1 is 1.43 bits per heavy atom. The molecule has 0 aliphatic rings. The summed E-state index contributed by atoms with van der Waals surface area (Å²) < 4.78 is 2.04. The van der Waals surface area contributed by atoms with E-state index in [1.54, 1.807) is 0 Å². The molecule has 0 atom stereocenters. The second-order valence-electron chi connectivity index (χ2n) is 3.85. The van der Waals surface area contributed by atoms with Crippen molar-refractivity contribution in [3.63, 3.8) is 0 Å². The number of hydrogen-bond acceptors (Lipinski definition) is 2. The summed E-state index contributed by atoms with van der Waals surface area (Å²) in [6.45, 7) is 8.09. The number of aryl methyl sites for hydroxylation is 1. The summed E-state index contributed by atoms with van der Waals surface area (Å²) in [5, 5.41) is 4.45. The van der Waals surface area contributed by atoms with E-state index >= 15 is 0 Å². The van der Waals surface area contributed by atoms with Crippen molar-refractivity contribution in [1.29, 1.82) is 0 Å². The lowest BCUT2D eigenvalue weighted by Crippen LogP contribution is -2.09. The molecule has 14 heavy (non-hydrogen) atoms. The lowest BCUT2D eigenvalue weighted by molar-refractivity contribution is 0.395. The SMILES string of the molecule is CCC(CC)Cn1cc(CN)c(C)n1. The molecule has 0 aromatic carbocycles. The highest BCUT2D eigenvalue weighted by Gasteiger charge is 2.07. The zero-order valence-electron chi connectivity index (χ0n) is 9.45. The van der Waals surface area contributed by atoms with Crippen LogP contribution < -0.4 is 5.73 Å². The zero-order valence-corrected chi connectivity index (χ0v) is 9.45. The van der Waals surface area contributed by atoms with Gasteiger partial charge in [0.15, 0.2) is 0 Å². The van der Waals surface area contributed by atoms with Gasteiger partial charge < -0.3 is 5.73 Å². The molecule has 1 rings (SSSR count). The minimum atomic E-state index is 0.592. The predicted molar refractivity (Wildman–Crippen MR) is 58.9 cm³/mol. The molecule has 0 radical (unpaired) electrons. The third-order valence-corrected chi connectivity index (χ3v) is 2.87. The predicted octanol–water partition coefficient (Wildman–Crippen LogP) is 2.09. The van der Waals surface area contributed by atoms with E-state index in [1.165, 1.54) is 12.8 Å². The van der Waals surface area contributed by atoms with Crippen molar-refractivity contribution in [3.8, 4) is 0 Å². The van der Waals surface area contributed by atoms with Gasteiger partial charge in [0.05, 0.1) is 5.69 Å². The minimum absolute atomic E-state index is 0.592. The first-order valence-electron chi connectivity index (χ1n) is 5.44. The Bertz CT molecular complexity index is 274. The smallest absolute Gasteiger partial charge is 0.0638 e. The molecule has 1 aromatic rings. The number of rotatable bonds is 5. The van der Waals surface area contributed by atoms with E-state index in [4.69, 9.17) is 5.73 Å². The number of nitrogens with zero attached hydrogens (tertiary/aromatic N) is 2. The molecule has 0 saturated carbocycles. The molecule has 3 heteroatoms. The molecule has 2 N–H and O–H groups in total. The Balaban J connectivity index is 2.67. The van der Waals surface area contributed by atoms with Crippen LogP contribution in [0.4, 0.5) is 0 Å². The molecule has 0 fully saturated rings. The van der Waals surface area contributed by atoms with Crippen LogP contribution >= 0.6 is 0 Å². The zero-order chi connectivity index (χ0) is 10.6. The number of hydrogen-bond donors (Lipinski definition) is 1. The standard InChI is InChI=1S/C11H21N3/c1-4-10(5-2)7-14-8-11(6-12)9(3)13-14/h8,10H,4-7,12H2,1-3H3. The van der Waals surface area contributed by atoms with E-state index in [9.17, 15) is 0 Å². The quantitative estimate of drug-likeness (QED) is 0.781. The van der Waals surface area contributed by atoms with E-state index in [1.807, 2.05) is 11.6 Å². The van der Waals surface area contributed by atoms with Gasteiger partial charge in [-0.15, -0.1) is 0 Å². The highest BCUT2D eigenvalue weighted by Crippen LogP contribution is 2.12. The van der Waals surface area contributed by atoms with Gasteiger partial charge >= 0.3 is 0 Å². The van der Waals surface area contributed by atoms with E-state index in [0.29, 0.717) is 6.54 Å². The van der Waals surface area contributed by atoms with E-state index in [0.717, 1.165) is 23.7 Å². The van der Waals surface area contributed by atoms with Gasteiger partial charge in [-0.3, -0.25) is 4.68 Å². The molecule has 0 saturated heterocycles. The third-order valence-electron chi connectivity index (χ3n) is 2.87. The largest absolute Gasteiger partial charge is 0.326 e. The fourth-order valence-electron chi connectivity index (χ4n) is 1.66. The van der Waals surface area contributed by atoms with Crippen LogP contribution in [0.3, 0.4) is 0 Å². The van der Waals surface area contributed by atoms with E-state index < -0.39 is 0 Å². The molecule has 0 bridgehead atoms. The maximum absolute atomic E-state index is 5.61. The molecule has 1 aromatic heterocycles. The topological polar surface area (TPSA) is 43.8 Å². The maximum Gasteiger partial charge on any atom is 0.0638 e. The molecule has 0 amide bonds. The van der Waals surface area contributed by atoms with Crippen LogP contribution in [0.25, 0.3) is 0 Å². The average Bonchev–Trinajstić information content (AvgIpc) is 2.55. The van der Waals surface area contributed by atoms with Gasteiger partial charge in [0.2, 0.25) is 0 Å². The number of aromatic nitrogens is 2. The van der Waals surface area contributed by atoms with Gasteiger partial charge in [-0.1, -0.05) is 26.7 Å². The van der Waals surface area contributed by atoms with Crippen LogP contribution in [0.2, 0.25) is 0 Å². The van der Waals surface area contributed by atoms with E-state index in [2.05, 4.69) is 25.1 Å².